The third-order valence-corrected chi connectivity index (χ3v) is 9.75. The molecule has 3 saturated carbocycles. The van der Waals surface area contributed by atoms with E-state index in [0.29, 0.717) is 30.4 Å². The highest BCUT2D eigenvalue weighted by atomic mass is 19.4. The maximum absolute atomic E-state index is 13.4. The lowest BCUT2D eigenvalue weighted by atomic mass is 9.44. The number of carbonyl (C=O) groups is 4. The molecule has 4 rings (SSSR count). The average molecular weight is 527 g/mol. The Morgan fingerprint density at radius 3 is 2.49 bits per heavy atom. The molecule has 0 bridgehead atoms. The summed E-state index contributed by atoms with van der Waals surface area (Å²) >= 11 is 0. The second kappa shape index (κ2) is 8.78. The van der Waals surface area contributed by atoms with Crippen LogP contribution in [0.15, 0.2) is 23.8 Å². The van der Waals surface area contributed by atoms with Gasteiger partial charge in [-0.05, 0) is 60.5 Å². The highest BCUT2D eigenvalue weighted by Crippen LogP contribution is 2.69. The Kier molecular flexibility index (Phi) is 6.54. The van der Waals surface area contributed by atoms with Crippen LogP contribution in [0.25, 0.3) is 0 Å². The number of hydrogen-bond acceptors (Lipinski definition) is 7. The molecule has 0 saturated heterocycles. The number of alkyl halides is 3. The zero-order valence-corrected chi connectivity index (χ0v) is 21.4. The van der Waals surface area contributed by atoms with Gasteiger partial charge < -0.3 is 14.6 Å². The fraction of sp³-hybridized carbons (Fsp3) is 0.704. The number of ether oxygens (including phenoxy) is 2. The topological polar surface area (TPSA) is 107 Å². The van der Waals surface area contributed by atoms with Gasteiger partial charge in [0.05, 0.1) is 0 Å². The molecule has 0 aromatic heterocycles. The summed E-state index contributed by atoms with van der Waals surface area (Å²) in [5.41, 5.74) is -2.67. The van der Waals surface area contributed by atoms with Gasteiger partial charge in [-0.2, -0.15) is 13.2 Å². The van der Waals surface area contributed by atoms with Gasteiger partial charge in [-0.15, -0.1) is 0 Å². The molecule has 7 nitrogen and oxygen atoms in total. The van der Waals surface area contributed by atoms with Crippen molar-refractivity contribution in [1.29, 1.82) is 0 Å². The first-order chi connectivity index (χ1) is 17.0. The molecule has 0 spiro atoms. The molecule has 0 radical (unpaired) electrons. The highest BCUT2D eigenvalue weighted by molar-refractivity contribution is 5.93. The molecule has 4 aliphatic carbocycles. The molecule has 0 aliphatic heterocycles. The standard InChI is InChI=1S/C27H33F3O7/c1-13-8-17-19-9-14(2)26(35,21(33)12-36-15(3)31)25(19,5)11-20(37-23(34)27(28,29)30)22(17)24(4)7-6-16(32)10-18(13)24/h10,14,17,19-20,22,35H,1,6-9,11-12H2,2-5H3/t14?,17-,19-,20?,22+,24-,25-,26-/m0/s1. The van der Waals surface area contributed by atoms with Crippen molar-refractivity contribution in [1.82, 2.24) is 0 Å². The number of aliphatic hydroxyl groups is 1. The Morgan fingerprint density at radius 2 is 1.89 bits per heavy atom. The molecule has 0 amide bonds. The number of allylic oxidation sites excluding steroid dienone is 2. The van der Waals surface area contributed by atoms with E-state index in [1.165, 1.54) is 6.08 Å². The molecular formula is C27H33F3O7. The van der Waals surface area contributed by atoms with Gasteiger partial charge in [0.25, 0.3) is 0 Å². The van der Waals surface area contributed by atoms with Crippen molar-refractivity contribution in [3.63, 3.8) is 0 Å². The van der Waals surface area contributed by atoms with Crippen LogP contribution in [0.3, 0.4) is 0 Å². The van der Waals surface area contributed by atoms with Crippen LogP contribution >= 0.6 is 0 Å². The number of ketones is 2. The summed E-state index contributed by atoms with van der Waals surface area (Å²) in [5.74, 6) is -5.68. The van der Waals surface area contributed by atoms with Gasteiger partial charge in [0.15, 0.2) is 12.4 Å². The van der Waals surface area contributed by atoms with Crippen molar-refractivity contribution >= 4 is 23.5 Å². The third-order valence-electron chi connectivity index (χ3n) is 9.75. The molecular weight excluding hydrogens is 493 g/mol. The quantitative estimate of drug-likeness (QED) is 0.554. The van der Waals surface area contributed by atoms with Gasteiger partial charge in [-0.1, -0.05) is 32.9 Å². The second-order valence-electron chi connectivity index (χ2n) is 11.7. The van der Waals surface area contributed by atoms with Gasteiger partial charge >= 0.3 is 18.1 Å². The van der Waals surface area contributed by atoms with Crippen LogP contribution in [0.2, 0.25) is 0 Å². The predicted octanol–water partition coefficient (Wildman–Crippen LogP) is 3.88. The number of esters is 2. The minimum Gasteiger partial charge on any atom is -0.458 e. The van der Waals surface area contributed by atoms with Crippen molar-refractivity contribution in [2.24, 2.45) is 34.5 Å². The van der Waals surface area contributed by atoms with Crippen LogP contribution in [0.5, 0.6) is 0 Å². The van der Waals surface area contributed by atoms with Gasteiger partial charge in [0.2, 0.25) is 5.78 Å². The Labute approximate surface area is 213 Å². The molecule has 37 heavy (non-hydrogen) atoms. The lowest BCUT2D eigenvalue weighted by Crippen LogP contribution is -2.64. The number of hydrogen-bond donors (Lipinski definition) is 1. The Bertz CT molecular complexity index is 1090. The highest BCUT2D eigenvalue weighted by Gasteiger charge is 2.72. The summed E-state index contributed by atoms with van der Waals surface area (Å²) in [7, 11) is 0. The first-order valence-electron chi connectivity index (χ1n) is 12.6. The van der Waals surface area contributed by atoms with E-state index in [2.05, 4.69) is 6.58 Å². The molecule has 3 fully saturated rings. The van der Waals surface area contributed by atoms with Crippen molar-refractivity contribution in [2.75, 3.05) is 6.61 Å². The van der Waals surface area contributed by atoms with E-state index < -0.39 is 64.9 Å². The van der Waals surface area contributed by atoms with E-state index in [-0.39, 0.29) is 30.5 Å². The Morgan fingerprint density at radius 1 is 1.24 bits per heavy atom. The van der Waals surface area contributed by atoms with Crippen LogP contribution in [0.4, 0.5) is 13.2 Å². The summed E-state index contributed by atoms with van der Waals surface area (Å²) in [6, 6.07) is 0. The SMILES string of the molecule is C=C1C[C@@H]2[C@H](C(OC(=O)C(F)(F)F)C[C@@]3(C)[C@H]2CC(C)[C@]3(O)C(=O)COC(C)=O)[C@@]2(C)CCC(=O)C=C12. The Balaban J connectivity index is 1.83. The van der Waals surface area contributed by atoms with Crippen LogP contribution in [-0.4, -0.2) is 53.1 Å². The minimum atomic E-state index is -5.22. The fourth-order valence-corrected chi connectivity index (χ4v) is 8.19. The van der Waals surface area contributed by atoms with E-state index >= 15 is 0 Å². The zero-order chi connectivity index (χ0) is 27.7. The number of rotatable bonds is 4. The molecule has 8 atom stereocenters. The summed E-state index contributed by atoms with van der Waals surface area (Å²) in [5, 5.41) is 11.9. The summed E-state index contributed by atoms with van der Waals surface area (Å²) < 4.78 is 50.1. The molecule has 1 N–H and O–H groups in total. The van der Waals surface area contributed by atoms with Crippen LogP contribution < -0.4 is 0 Å². The maximum atomic E-state index is 13.4. The first-order valence-corrected chi connectivity index (χ1v) is 12.6. The largest absolute Gasteiger partial charge is 0.490 e. The maximum Gasteiger partial charge on any atom is 0.490 e. The van der Waals surface area contributed by atoms with E-state index in [4.69, 9.17) is 9.47 Å². The van der Waals surface area contributed by atoms with Crippen LogP contribution in [-0.2, 0) is 28.7 Å². The van der Waals surface area contributed by atoms with E-state index in [1.807, 2.05) is 6.92 Å². The summed E-state index contributed by atoms with van der Waals surface area (Å²) in [6.45, 7) is 9.87. The van der Waals surface area contributed by atoms with Crippen molar-refractivity contribution < 1.29 is 46.9 Å². The zero-order valence-electron chi connectivity index (χ0n) is 21.4. The predicted molar refractivity (Wildman–Crippen MR) is 124 cm³/mol. The second-order valence-corrected chi connectivity index (χ2v) is 11.7. The van der Waals surface area contributed by atoms with Gasteiger partial charge in [0, 0.05) is 24.7 Å². The van der Waals surface area contributed by atoms with E-state index in [9.17, 15) is 37.5 Å². The van der Waals surface area contributed by atoms with Gasteiger partial charge in [0.1, 0.15) is 11.7 Å². The minimum absolute atomic E-state index is 0.0866. The van der Waals surface area contributed by atoms with E-state index in [1.54, 1.807) is 13.8 Å². The number of Topliss-reactive ketones (excluding diaryl/α,β-unsaturated/α-hetero) is 1. The molecule has 2 unspecified atom stereocenters. The first kappa shape index (κ1) is 27.5. The third kappa shape index (κ3) is 4.06. The van der Waals surface area contributed by atoms with E-state index in [0.717, 1.165) is 6.92 Å². The average Bonchev–Trinajstić information content (AvgIpc) is 2.99. The van der Waals surface area contributed by atoms with Crippen molar-refractivity contribution in [2.45, 2.75) is 77.7 Å². The molecule has 10 heteroatoms. The molecule has 0 aromatic carbocycles. The Hall–Kier alpha value is -2.49. The summed E-state index contributed by atoms with van der Waals surface area (Å²) in [4.78, 5) is 49.0. The molecule has 0 aromatic rings. The fourth-order valence-electron chi connectivity index (χ4n) is 8.19. The van der Waals surface area contributed by atoms with Crippen LogP contribution in [0, 0.1) is 34.5 Å². The molecule has 204 valence electrons. The lowest BCUT2D eigenvalue weighted by molar-refractivity contribution is -0.226. The number of carbonyl (C=O) groups excluding carboxylic acids is 4. The van der Waals surface area contributed by atoms with Gasteiger partial charge in [-0.25, -0.2) is 4.79 Å². The normalized spacial score (nSPS) is 41.2. The number of fused-ring (bicyclic) bond motifs is 5. The lowest BCUT2D eigenvalue weighted by Gasteiger charge is -2.61. The van der Waals surface area contributed by atoms with Crippen molar-refractivity contribution in [3.8, 4) is 0 Å². The van der Waals surface area contributed by atoms with Crippen LogP contribution in [0.1, 0.15) is 59.8 Å². The smallest absolute Gasteiger partial charge is 0.458 e. The summed E-state index contributed by atoms with van der Waals surface area (Å²) in [6.07, 6.45) is -3.86. The molecule has 0 heterocycles. The van der Waals surface area contributed by atoms with Gasteiger partial charge in [-0.3, -0.25) is 14.4 Å². The molecule has 4 aliphatic rings. The number of halogens is 3. The van der Waals surface area contributed by atoms with Crippen molar-refractivity contribution in [3.05, 3.63) is 23.8 Å². The monoisotopic (exact) mass is 526 g/mol.